The number of carbonyl (C=O) groups excluding carboxylic acids is 1. The van der Waals surface area contributed by atoms with Crippen LogP contribution in [0.4, 0.5) is 16.1 Å². The van der Waals surface area contributed by atoms with Gasteiger partial charge in [-0.15, -0.1) is 5.10 Å². The average Bonchev–Trinajstić information content (AvgIpc) is 3.37. The number of anilines is 2. The number of carbonyl (C=O) groups is 1. The van der Waals surface area contributed by atoms with Crippen molar-refractivity contribution in [3.05, 3.63) is 89.2 Å². The number of para-hydroxylation sites is 1. The molecule has 1 atom stereocenters. The molecule has 0 aliphatic carbocycles. The minimum Gasteiger partial charge on any atom is -0.402 e. The summed E-state index contributed by atoms with van der Waals surface area (Å²) in [6, 6.07) is 16.8. The summed E-state index contributed by atoms with van der Waals surface area (Å²) in [4.78, 5) is 19.8. The smallest absolute Gasteiger partial charge is 0.317 e. The van der Waals surface area contributed by atoms with Crippen LogP contribution >= 0.6 is 0 Å². The van der Waals surface area contributed by atoms with Crippen LogP contribution in [-0.4, -0.2) is 59.2 Å². The summed E-state index contributed by atoms with van der Waals surface area (Å²) in [7, 11) is 0. The Hall–Kier alpha value is -4.51. The molecule has 0 saturated carbocycles. The van der Waals surface area contributed by atoms with E-state index in [-0.39, 0.29) is 17.6 Å². The van der Waals surface area contributed by atoms with E-state index in [0.717, 1.165) is 16.8 Å². The van der Waals surface area contributed by atoms with Crippen molar-refractivity contribution < 1.29 is 18.3 Å². The van der Waals surface area contributed by atoms with Crippen LogP contribution in [0.15, 0.2) is 81.6 Å². The van der Waals surface area contributed by atoms with Crippen LogP contribution < -0.4 is 16.4 Å². The monoisotopic (exact) mass is 517 g/mol. The van der Waals surface area contributed by atoms with Gasteiger partial charge < -0.3 is 30.4 Å². The Kier molecular flexibility index (Phi) is 7.45. The number of hydrogen-bond donors (Lipinski definition) is 3. The molecule has 5 rings (SSSR count). The highest BCUT2D eigenvalue weighted by molar-refractivity contribution is 6.19. The molecule has 3 aromatic rings. The molecular weight excluding hydrogens is 489 g/mol. The number of nitrogens with zero attached hydrogens (tertiary/aromatic N) is 4. The Morgan fingerprint density at radius 3 is 2.66 bits per heavy atom. The van der Waals surface area contributed by atoms with Crippen molar-refractivity contribution in [3.8, 4) is 0 Å². The number of nitrogens with two attached hydrogens (primary N) is 1. The lowest BCUT2D eigenvalue weighted by Crippen LogP contribution is -2.35. The van der Waals surface area contributed by atoms with Crippen LogP contribution in [0, 0.1) is 0 Å². The standard InChI is InChI=1S/C27H28FN7O3/c1-2-18(35-12-14-37-15-13-35)16-20(28)22(29)26-33-34-27(38-26)32-24-25(36)30-21-11-7-6-10-19(21)23(31-24)17-8-4-3-5-9-17/h3-11,16,24H,2,12-15,29H2,1H3,(H,30,36)(H,32,34)/b18-16+,22-20+. The van der Waals surface area contributed by atoms with Gasteiger partial charge in [-0.25, -0.2) is 9.38 Å². The first-order valence-corrected chi connectivity index (χ1v) is 12.4. The quantitative estimate of drug-likeness (QED) is 0.406. The number of nitrogens with one attached hydrogen (secondary N) is 2. The molecular formula is C27H28FN7O3. The maximum absolute atomic E-state index is 15.0. The van der Waals surface area contributed by atoms with Crippen molar-refractivity contribution in [1.82, 2.24) is 15.1 Å². The molecule has 0 bridgehead atoms. The molecule has 1 saturated heterocycles. The van der Waals surface area contributed by atoms with Gasteiger partial charge in [0.25, 0.3) is 11.8 Å². The molecule has 38 heavy (non-hydrogen) atoms. The third-order valence-corrected chi connectivity index (χ3v) is 6.24. The van der Waals surface area contributed by atoms with Gasteiger partial charge in [0.05, 0.1) is 24.6 Å². The van der Waals surface area contributed by atoms with Gasteiger partial charge in [-0.2, -0.15) is 0 Å². The lowest BCUT2D eigenvalue weighted by atomic mass is 10.0. The van der Waals surface area contributed by atoms with Crippen LogP contribution in [0.25, 0.3) is 5.70 Å². The third-order valence-electron chi connectivity index (χ3n) is 6.24. The minimum atomic E-state index is -1.09. The molecule has 1 fully saturated rings. The number of aromatic nitrogens is 2. The molecule has 2 aromatic carbocycles. The highest BCUT2D eigenvalue weighted by atomic mass is 19.1. The Balaban J connectivity index is 1.40. The van der Waals surface area contributed by atoms with Crippen molar-refractivity contribution in [1.29, 1.82) is 0 Å². The van der Waals surface area contributed by atoms with Gasteiger partial charge in [-0.05, 0) is 18.6 Å². The second kappa shape index (κ2) is 11.3. The normalized spacial score (nSPS) is 18.6. The van der Waals surface area contributed by atoms with E-state index in [1.54, 1.807) is 0 Å². The zero-order valence-electron chi connectivity index (χ0n) is 20.9. The van der Waals surface area contributed by atoms with Crippen molar-refractivity contribution >= 4 is 29.0 Å². The Morgan fingerprint density at radius 2 is 1.89 bits per heavy atom. The summed E-state index contributed by atoms with van der Waals surface area (Å²) in [5.74, 6) is -1.31. The van der Waals surface area contributed by atoms with E-state index in [1.165, 1.54) is 6.08 Å². The van der Waals surface area contributed by atoms with Crippen LogP contribution in [0.3, 0.4) is 0 Å². The number of halogens is 1. The van der Waals surface area contributed by atoms with Gasteiger partial charge in [0.2, 0.25) is 6.17 Å². The van der Waals surface area contributed by atoms with Crippen molar-refractivity contribution in [3.63, 3.8) is 0 Å². The molecule has 4 N–H and O–H groups in total. The summed E-state index contributed by atoms with van der Waals surface area (Å²) < 4.78 is 26.0. The molecule has 2 aliphatic rings. The van der Waals surface area contributed by atoms with Gasteiger partial charge in [0.1, 0.15) is 5.70 Å². The molecule has 10 nitrogen and oxygen atoms in total. The number of rotatable bonds is 7. The average molecular weight is 518 g/mol. The molecule has 196 valence electrons. The second-order valence-corrected chi connectivity index (χ2v) is 8.69. The zero-order chi connectivity index (χ0) is 26.5. The van der Waals surface area contributed by atoms with E-state index in [9.17, 15) is 4.79 Å². The number of hydrogen-bond acceptors (Lipinski definition) is 9. The first-order valence-electron chi connectivity index (χ1n) is 12.4. The van der Waals surface area contributed by atoms with E-state index < -0.39 is 17.9 Å². The second-order valence-electron chi connectivity index (χ2n) is 8.69. The van der Waals surface area contributed by atoms with E-state index in [0.29, 0.717) is 44.1 Å². The Labute approximate surface area is 219 Å². The largest absolute Gasteiger partial charge is 0.402 e. The number of benzodiazepines with no additional fused rings is 1. The predicted octanol–water partition coefficient (Wildman–Crippen LogP) is 3.52. The zero-order valence-corrected chi connectivity index (χ0v) is 20.9. The number of benzene rings is 2. The molecule has 0 radical (unpaired) electrons. The molecule has 2 aliphatic heterocycles. The first-order chi connectivity index (χ1) is 18.5. The number of morpholine rings is 1. The first kappa shape index (κ1) is 25.2. The van der Waals surface area contributed by atoms with Crippen molar-refractivity contribution in [2.75, 3.05) is 36.9 Å². The molecule has 11 heteroatoms. The van der Waals surface area contributed by atoms with Gasteiger partial charge in [0.15, 0.2) is 5.83 Å². The third kappa shape index (κ3) is 5.42. The summed E-state index contributed by atoms with van der Waals surface area (Å²) in [6.07, 6.45) is 0.914. The topological polar surface area (TPSA) is 131 Å². The lowest BCUT2D eigenvalue weighted by Gasteiger charge is -2.30. The Morgan fingerprint density at radius 1 is 1.16 bits per heavy atom. The molecule has 1 aromatic heterocycles. The minimum absolute atomic E-state index is 0.120. The molecule has 0 spiro atoms. The van der Waals surface area contributed by atoms with Crippen molar-refractivity contribution in [2.24, 2.45) is 10.7 Å². The van der Waals surface area contributed by atoms with E-state index in [2.05, 4.69) is 30.7 Å². The maximum atomic E-state index is 15.0. The fourth-order valence-corrected chi connectivity index (χ4v) is 4.28. The number of ether oxygens (including phenoxy) is 1. The SMILES string of the molecule is CC/C(=C\C(F)=C(/N)c1nnc(NC2N=C(c3ccccc3)c3ccccc3NC2=O)o1)N1CCOCC1. The molecule has 1 unspecified atom stereocenters. The van der Waals surface area contributed by atoms with E-state index >= 15 is 4.39 Å². The van der Waals surface area contributed by atoms with Crippen LogP contribution in [-0.2, 0) is 9.53 Å². The summed E-state index contributed by atoms with van der Waals surface area (Å²) in [5, 5.41) is 13.5. The number of fused-ring (bicyclic) bond motifs is 1. The fraction of sp³-hybridized carbons (Fsp3) is 0.259. The lowest BCUT2D eigenvalue weighted by molar-refractivity contribution is -0.116. The fourth-order valence-electron chi connectivity index (χ4n) is 4.28. The highest BCUT2D eigenvalue weighted by Crippen LogP contribution is 2.25. The van der Waals surface area contributed by atoms with Gasteiger partial charge in [0, 0.05) is 29.9 Å². The van der Waals surface area contributed by atoms with Crippen LogP contribution in [0.1, 0.15) is 30.4 Å². The van der Waals surface area contributed by atoms with Crippen LogP contribution in [0.2, 0.25) is 0 Å². The Bertz CT molecular complexity index is 1390. The number of aliphatic imine (C=N–C) groups is 1. The maximum Gasteiger partial charge on any atom is 0.317 e. The molecule has 3 heterocycles. The van der Waals surface area contributed by atoms with E-state index in [4.69, 9.17) is 14.9 Å². The number of amides is 1. The van der Waals surface area contributed by atoms with Gasteiger partial charge in [-0.1, -0.05) is 60.6 Å². The number of allylic oxidation sites excluding steroid dienone is 3. The highest BCUT2D eigenvalue weighted by Gasteiger charge is 2.27. The predicted molar refractivity (Wildman–Crippen MR) is 142 cm³/mol. The summed E-state index contributed by atoms with van der Waals surface area (Å²) >= 11 is 0. The molecule has 1 amide bonds. The van der Waals surface area contributed by atoms with Gasteiger partial charge >= 0.3 is 6.01 Å². The van der Waals surface area contributed by atoms with Crippen molar-refractivity contribution in [2.45, 2.75) is 19.5 Å². The van der Waals surface area contributed by atoms with Crippen LogP contribution in [0.5, 0.6) is 0 Å². The van der Waals surface area contributed by atoms with Gasteiger partial charge in [-0.3, -0.25) is 4.79 Å². The van der Waals surface area contributed by atoms with E-state index in [1.807, 2.05) is 61.5 Å². The summed E-state index contributed by atoms with van der Waals surface area (Å²) in [6.45, 7) is 4.48. The summed E-state index contributed by atoms with van der Waals surface area (Å²) in [5.41, 5.74) is 9.36.